The number of ether oxygens (including phenoxy) is 1. The van der Waals surface area contributed by atoms with Crippen molar-refractivity contribution in [3.63, 3.8) is 0 Å². The number of carbonyl (C=O) groups is 1. The zero-order valence-electron chi connectivity index (χ0n) is 16.6. The SMILES string of the molecule is Cc1cc(OCCCO)cc(C)c1NC(=O)c1nccc(-c2cc(Cl)ccc2Cl)n1. The summed E-state index contributed by atoms with van der Waals surface area (Å²) in [5.41, 5.74) is 3.48. The summed E-state index contributed by atoms with van der Waals surface area (Å²) in [5, 5.41) is 12.7. The number of carbonyl (C=O) groups excluding carboxylic acids is 1. The predicted octanol–water partition coefficient (Wildman–Crippen LogP) is 5.08. The average Bonchev–Trinajstić information content (AvgIpc) is 2.72. The monoisotopic (exact) mass is 445 g/mol. The number of aliphatic hydroxyl groups is 1. The minimum atomic E-state index is -0.435. The minimum absolute atomic E-state index is 0.0191. The van der Waals surface area contributed by atoms with Crippen LogP contribution in [0.25, 0.3) is 11.3 Å². The van der Waals surface area contributed by atoms with Crippen LogP contribution in [0.3, 0.4) is 0 Å². The first kappa shape index (κ1) is 22.0. The van der Waals surface area contributed by atoms with Crippen molar-refractivity contribution in [2.45, 2.75) is 20.3 Å². The number of hydrogen-bond acceptors (Lipinski definition) is 5. The van der Waals surface area contributed by atoms with Crippen molar-refractivity contribution in [3.05, 3.63) is 69.6 Å². The summed E-state index contributed by atoms with van der Waals surface area (Å²) in [4.78, 5) is 21.2. The number of aromatic nitrogens is 2. The van der Waals surface area contributed by atoms with Crippen LogP contribution in [0.15, 0.2) is 42.6 Å². The van der Waals surface area contributed by atoms with Crippen molar-refractivity contribution in [1.29, 1.82) is 0 Å². The van der Waals surface area contributed by atoms with Crippen molar-refractivity contribution in [1.82, 2.24) is 9.97 Å². The molecule has 1 heterocycles. The number of halogens is 2. The molecular formula is C22H21Cl2N3O3. The summed E-state index contributed by atoms with van der Waals surface area (Å²) >= 11 is 12.3. The largest absolute Gasteiger partial charge is 0.493 e. The van der Waals surface area contributed by atoms with Crippen LogP contribution in [0.4, 0.5) is 5.69 Å². The third kappa shape index (κ3) is 5.27. The highest BCUT2D eigenvalue weighted by Crippen LogP contribution is 2.30. The van der Waals surface area contributed by atoms with Gasteiger partial charge in [-0.05, 0) is 61.4 Å². The fourth-order valence-electron chi connectivity index (χ4n) is 2.94. The molecule has 8 heteroatoms. The summed E-state index contributed by atoms with van der Waals surface area (Å²) in [6.07, 6.45) is 2.06. The van der Waals surface area contributed by atoms with Gasteiger partial charge in [0.05, 0.1) is 17.3 Å². The molecule has 0 bridgehead atoms. The van der Waals surface area contributed by atoms with Crippen LogP contribution in [0.2, 0.25) is 10.0 Å². The number of anilines is 1. The topological polar surface area (TPSA) is 84.3 Å². The lowest BCUT2D eigenvalue weighted by molar-refractivity contribution is 0.101. The molecule has 0 fully saturated rings. The van der Waals surface area contributed by atoms with E-state index < -0.39 is 5.91 Å². The fourth-order valence-corrected chi connectivity index (χ4v) is 3.33. The average molecular weight is 446 g/mol. The first-order chi connectivity index (χ1) is 14.4. The van der Waals surface area contributed by atoms with E-state index in [-0.39, 0.29) is 12.4 Å². The molecular weight excluding hydrogens is 425 g/mol. The Labute approximate surface area is 184 Å². The Kier molecular flexibility index (Phi) is 7.26. The second kappa shape index (κ2) is 9.89. The summed E-state index contributed by atoms with van der Waals surface area (Å²) in [6, 6.07) is 10.4. The van der Waals surface area contributed by atoms with Gasteiger partial charge in [-0.15, -0.1) is 0 Å². The minimum Gasteiger partial charge on any atom is -0.493 e. The zero-order valence-corrected chi connectivity index (χ0v) is 18.1. The normalized spacial score (nSPS) is 10.7. The van der Waals surface area contributed by atoms with Crippen molar-refractivity contribution in [2.24, 2.45) is 0 Å². The Morgan fingerprint density at radius 3 is 2.57 bits per heavy atom. The van der Waals surface area contributed by atoms with E-state index in [0.29, 0.717) is 45.8 Å². The van der Waals surface area contributed by atoms with Crippen LogP contribution in [0.5, 0.6) is 5.75 Å². The molecule has 0 atom stereocenters. The van der Waals surface area contributed by atoms with Gasteiger partial charge in [0, 0.05) is 35.5 Å². The lowest BCUT2D eigenvalue weighted by atomic mass is 10.1. The number of amides is 1. The van der Waals surface area contributed by atoms with Crippen LogP contribution in [-0.4, -0.2) is 34.2 Å². The molecule has 3 aromatic rings. The van der Waals surface area contributed by atoms with Crippen LogP contribution >= 0.6 is 23.2 Å². The predicted molar refractivity (Wildman–Crippen MR) is 119 cm³/mol. The zero-order chi connectivity index (χ0) is 21.7. The van der Waals surface area contributed by atoms with Gasteiger partial charge in [-0.25, -0.2) is 9.97 Å². The number of aliphatic hydroxyl groups excluding tert-OH is 1. The van der Waals surface area contributed by atoms with E-state index >= 15 is 0 Å². The molecule has 0 saturated carbocycles. The number of benzene rings is 2. The third-order valence-electron chi connectivity index (χ3n) is 4.38. The van der Waals surface area contributed by atoms with Gasteiger partial charge in [0.15, 0.2) is 0 Å². The molecule has 3 rings (SSSR count). The van der Waals surface area contributed by atoms with Crippen molar-refractivity contribution in [2.75, 3.05) is 18.5 Å². The van der Waals surface area contributed by atoms with Gasteiger partial charge < -0.3 is 15.2 Å². The van der Waals surface area contributed by atoms with Crippen LogP contribution in [-0.2, 0) is 0 Å². The lowest BCUT2D eigenvalue weighted by Crippen LogP contribution is -2.17. The molecule has 0 radical (unpaired) electrons. The molecule has 2 aromatic carbocycles. The second-order valence-electron chi connectivity index (χ2n) is 6.70. The molecule has 0 saturated heterocycles. The first-order valence-electron chi connectivity index (χ1n) is 9.33. The van der Waals surface area contributed by atoms with E-state index in [1.165, 1.54) is 6.20 Å². The van der Waals surface area contributed by atoms with Crippen molar-refractivity contribution in [3.8, 4) is 17.0 Å². The second-order valence-corrected chi connectivity index (χ2v) is 7.55. The maximum atomic E-state index is 12.8. The maximum absolute atomic E-state index is 12.8. The molecule has 0 unspecified atom stereocenters. The summed E-state index contributed by atoms with van der Waals surface area (Å²) in [6.45, 7) is 4.26. The molecule has 156 valence electrons. The number of nitrogens with zero attached hydrogens (tertiary/aromatic N) is 2. The van der Waals surface area contributed by atoms with Gasteiger partial charge in [0.25, 0.3) is 5.91 Å². The molecule has 0 aliphatic heterocycles. The van der Waals surface area contributed by atoms with Gasteiger partial charge in [0.2, 0.25) is 5.82 Å². The van der Waals surface area contributed by atoms with E-state index in [4.69, 9.17) is 33.0 Å². The highest BCUT2D eigenvalue weighted by atomic mass is 35.5. The Bertz CT molecular complexity index is 1050. The number of nitrogens with one attached hydrogen (secondary N) is 1. The third-order valence-corrected chi connectivity index (χ3v) is 4.94. The van der Waals surface area contributed by atoms with Gasteiger partial charge >= 0.3 is 0 Å². The summed E-state index contributed by atoms with van der Waals surface area (Å²) in [7, 11) is 0. The highest BCUT2D eigenvalue weighted by Gasteiger charge is 2.16. The molecule has 0 aliphatic rings. The van der Waals surface area contributed by atoms with Crippen LogP contribution in [0.1, 0.15) is 28.2 Å². The standard InChI is InChI=1S/C22H21Cl2N3O3/c1-13-10-16(30-9-3-8-28)11-14(2)20(13)27-22(29)21-25-7-6-19(26-21)17-12-15(23)4-5-18(17)24/h4-7,10-12,28H,3,8-9H2,1-2H3,(H,27,29). The van der Waals surface area contributed by atoms with Gasteiger partial charge in [-0.2, -0.15) is 0 Å². The molecule has 0 aliphatic carbocycles. The van der Waals surface area contributed by atoms with Gasteiger partial charge in [-0.1, -0.05) is 23.2 Å². The quantitative estimate of drug-likeness (QED) is 0.495. The molecule has 0 spiro atoms. The first-order valence-corrected chi connectivity index (χ1v) is 10.1. The fraction of sp³-hybridized carbons (Fsp3) is 0.227. The van der Waals surface area contributed by atoms with Crippen molar-refractivity contribution >= 4 is 34.8 Å². The van der Waals surface area contributed by atoms with Crippen LogP contribution in [0, 0.1) is 13.8 Å². The summed E-state index contributed by atoms with van der Waals surface area (Å²) < 4.78 is 5.62. The number of hydrogen-bond donors (Lipinski definition) is 2. The Hall–Kier alpha value is -2.67. The van der Waals surface area contributed by atoms with E-state index in [0.717, 1.165) is 11.1 Å². The Balaban J connectivity index is 1.82. The molecule has 30 heavy (non-hydrogen) atoms. The molecule has 6 nitrogen and oxygen atoms in total. The van der Waals surface area contributed by atoms with E-state index in [1.54, 1.807) is 24.3 Å². The van der Waals surface area contributed by atoms with E-state index in [2.05, 4.69) is 15.3 Å². The molecule has 1 amide bonds. The smallest absolute Gasteiger partial charge is 0.293 e. The Morgan fingerprint density at radius 2 is 1.87 bits per heavy atom. The number of aryl methyl sites for hydroxylation is 2. The van der Waals surface area contributed by atoms with E-state index in [1.807, 2.05) is 26.0 Å². The molecule has 1 aromatic heterocycles. The van der Waals surface area contributed by atoms with E-state index in [9.17, 15) is 4.79 Å². The van der Waals surface area contributed by atoms with Crippen molar-refractivity contribution < 1.29 is 14.6 Å². The Morgan fingerprint density at radius 1 is 1.13 bits per heavy atom. The highest BCUT2D eigenvalue weighted by molar-refractivity contribution is 6.35. The van der Waals surface area contributed by atoms with Gasteiger partial charge in [-0.3, -0.25) is 4.79 Å². The number of rotatable bonds is 7. The lowest BCUT2D eigenvalue weighted by Gasteiger charge is -2.14. The molecule has 2 N–H and O–H groups in total. The van der Waals surface area contributed by atoms with Gasteiger partial charge in [0.1, 0.15) is 5.75 Å². The maximum Gasteiger partial charge on any atom is 0.293 e. The summed E-state index contributed by atoms with van der Waals surface area (Å²) in [5.74, 6) is 0.269. The van der Waals surface area contributed by atoms with Crippen LogP contribution < -0.4 is 10.1 Å².